The molecule has 0 fully saturated rings. The predicted octanol–water partition coefficient (Wildman–Crippen LogP) is 4.44. The molecule has 7 heteroatoms. The maximum Gasteiger partial charge on any atom is 0.268 e. The highest BCUT2D eigenvalue weighted by Crippen LogP contribution is 2.24. The Labute approximate surface area is 177 Å². The molecule has 3 aromatic rings. The van der Waals surface area contributed by atoms with E-state index in [2.05, 4.69) is 43.6 Å². The zero-order valence-electron chi connectivity index (χ0n) is 16.2. The van der Waals surface area contributed by atoms with Crippen molar-refractivity contribution in [2.45, 2.75) is 32.9 Å². The van der Waals surface area contributed by atoms with E-state index in [1.54, 1.807) is 0 Å². The summed E-state index contributed by atoms with van der Waals surface area (Å²) in [6.07, 6.45) is -0.223. The van der Waals surface area contributed by atoms with Gasteiger partial charge in [-0.05, 0) is 31.5 Å². The summed E-state index contributed by atoms with van der Waals surface area (Å²) >= 11 is 3.46. The second kappa shape index (κ2) is 8.21. The summed E-state index contributed by atoms with van der Waals surface area (Å²) in [5.41, 5.74) is 5.27. The Morgan fingerprint density at radius 3 is 2.76 bits per heavy atom. The molecule has 0 spiro atoms. The number of nitrogens with one attached hydrogen (secondary N) is 1. The van der Waals surface area contributed by atoms with Crippen LogP contribution in [0.2, 0.25) is 0 Å². The summed E-state index contributed by atoms with van der Waals surface area (Å²) in [6.45, 7) is 4.50. The Morgan fingerprint density at radius 1 is 1.21 bits per heavy atom. The predicted molar refractivity (Wildman–Crippen MR) is 116 cm³/mol. The number of hydrogen-bond donors (Lipinski definition) is 1. The number of amides is 1. The van der Waals surface area contributed by atoms with E-state index in [-0.39, 0.29) is 5.91 Å². The normalized spacial score (nSPS) is 15.7. The zero-order chi connectivity index (χ0) is 20.4. The van der Waals surface area contributed by atoms with Gasteiger partial charge >= 0.3 is 0 Å². The Morgan fingerprint density at radius 2 is 2.00 bits per heavy atom. The monoisotopic (exact) mass is 452 g/mol. The zero-order valence-corrected chi connectivity index (χ0v) is 17.8. The van der Waals surface area contributed by atoms with E-state index < -0.39 is 6.10 Å². The molecule has 0 saturated heterocycles. The SMILES string of the molecule is Cc1nn(Cc2ccccc2)c(C)c1NC(=O)C1CC(c2cccc(Br)c2)=NO1. The highest BCUT2D eigenvalue weighted by Gasteiger charge is 2.30. The molecule has 6 nitrogen and oxygen atoms in total. The lowest BCUT2D eigenvalue weighted by Gasteiger charge is -2.10. The van der Waals surface area contributed by atoms with Crippen LogP contribution in [-0.4, -0.2) is 27.5 Å². The van der Waals surface area contributed by atoms with Gasteiger partial charge < -0.3 is 10.2 Å². The number of nitrogens with zero attached hydrogens (tertiary/aromatic N) is 3. The summed E-state index contributed by atoms with van der Waals surface area (Å²) in [5, 5.41) is 11.7. The first kappa shape index (κ1) is 19.4. The molecule has 0 saturated carbocycles. The molecule has 1 aromatic heterocycles. The Balaban J connectivity index is 1.44. The van der Waals surface area contributed by atoms with Crippen molar-refractivity contribution in [3.8, 4) is 0 Å². The number of carbonyl (C=O) groups excluding carboxylic acids is 1. The van der Waals surface area contributed by atoms with Gasteiger partial charge in [-0.2, -0.15) is 5.10 Å². The summed E-state index contributed by atoms with van der Waals surface area (Å²) in [6, 6.07) is 17.9. The van der Waals surface area contributed by atoms with Crippen LogP contribution in [0.25, 0.3) is 0 Å². The smallest absolute Gasteiger partial charge is 0.268 e. The van der Waals surface area contributed by atoms with Crippen LogP contribution < -0.4 is 5.32 Å². The van der Waals surface area contributed by atoms with Crippen molar-refractivity contribution in [3.05, 3.63) is 81.6 Å². The molecule has 1 unspecified atom stereocenters. The van der Waals surface area contributed by atoms with Crippen molar-refractivity contribution in [1.29, 1.82) is 0 Å². The highest BCUT2D eigenvalue weighted by molar-refractivity contribution is 9.10. The third-order valence-electron chi connectivity index (χ3n) is 4.92. The number of aromatic nitrogens is 2. The number of rotatable bonds is 5. The number of benzene rings is 2. The summed E-state index contributed by atoms with van der Waals surface area (Å²) in [4.78, 5) is 18.2. The van der Waals surface area contributed by atoms with Crippen molar-refractivity contribution < 1.29 is 9.63 Å². The molecule has 4 rings (SSSR count). The van der Waals surface area contributed by atoms with E-state index in [0.717, 1.165) is 38.4 Å². The lowest BCUT2D eigenvalue weighted by Crippen LogP contribution is -2.28. The fraction of sp³-hybridized carbons (Fsp3) is 0.227. The van der Waals surface area contributed by atoms with Gasteiger partial charge in [-0.15, -0.1) is 0 Å². The molecule has 2 aromatic carbocycles. The minimum Gasteiger partial charge on any atom is -0.382 e. The van der Waals surface area contributed by atoms with Gasteiger partial charge in [-0.25, -0.2) is 0 Å². The van der Waals surface area contributed by atoms with Gasteiger partial charge in [-0.1, -0.05) is 63.6 Å². The number of carbonyl (C=O) groups is 1. The van der Waals surface area contributed by atoms with Crippen LogP contribution in [0.15, 0.2) is 64.2 Å². The molecule has 2 heterocycles. The van der Waals surface area contributed by atoms with Gasteiger partial charge in [0.2, 0.25) is 6.10 Å². The van der Waals surface area contributed by atoms with Crippen molar-refractivity contribution in [2.24, 2.45) is 5.16 Å². The van der Waals surface area contributed by atoms with Crippen molar-refractivity contribution >= 4 is 33.2 Å². The van der Waals surface area contributed by atoms with E-state index in [9.17, 15) is 4.79 Å². The fourth-order valence-electron chi connectivity index (χ4n) is 3.35. The van der Waals surface area contributed by atoms with Crippen LogP contribution in [-0.2, 0) is 16.2 Å². The van der Waals surface area contributed by atoms with Crippen molar-refractivity contribution in [2.75, 3.05) is 5.32 Å². The minimum atomic E-state index is -0.653. The molecule has 1 atom stereocenters. The molecule has 1 N–H and O–H groups in total. The second-order valence-corrected chi connectivity index (χ2v) is 7.94. The fourth-order valence-corrected chi connectivity index (χ4v) is 3.75. The molecule has 1 aliphatic rings. The van der Waals surface area contributed by atoms with E-state index >= 15 is 0 Å². The average Bonchev–Trinajstić information content (AvgIpc) is 3.30. The van der Waals surface area contributed by atoms with Crippen LogP contribution in [0.4, 0.5) is 5.69 Å². The lowest BCUT2D eigenvalue weighted by molar-refractivity contribution is -0.125. The molecule has 1 amide bonds. The second-order valence-electron chi connectivity index (χ2n) is 7.02. The standard InChI is InChI=1S/C22H21BrN4O2/c1-14-21(15(2)27(25-14)13-16-7-4-3-5-8-16)24-22(28)20-12-19(26-29-20)17-9-6-10-18(23)11-17/h3-11,20H,12-13H2,1-2H3,(H,24,28). The Hall–Kier alpha value is -2.93. The number of oxime groups is 1. The molecular formula is C22H21BrN4O2. The molecule has 0 radical (unpaired) electrons. The lowest BCUT2D eigenvalue weighted by atomic mass is 10.0. The van der Waals surface area contributed by atoms with E-state index in [1.165, 1.54) is 0 Å². The molecule has 1 aliphatic heterocycles. The largest absolute Gasteiger partial charge is 0.382 e. The first-order valence-corrected chi connectivity index (χ1v) is 10.2. The van der Waals surface area contributed by atoms with Crippen LogP contribution >= 0.6 is 15.9 Å². The number of aryl methyl sites for hydroxylation is 1. The first-order chi connectivity index (χ1) is 14.0. The van der Waals surface area contributed by atoms with Gasteiger partial charge in [0.15, 0.2) is 0 Å². The third-order valence-corrected chi connectivity index (χ3v) is 5.42. The topological polar surface area (TPSA) is 68.5 Å². The minimum absolute atomic E-state index is 0.218. The number of anilines is 1. The van der Waals surface area contributed by atoms with Gasteiger partial charge in [0.1, 0.15) is 0 Å². The number of hydrogen-bond acceptors (Lipinski definition) is 4. The molecule has 0 bridgehead atoms. The number of halogens is 1. The van der Waals surface area contributed by atoms with Gasteiger partial charge in [0.05, 0.1) is 29.3 Å². The molecule has 29 heavy (non-hydrogen) atoms. The Bertz CT molecular complexity index is 1080. The first-order valence-electron chi connectivity index (χ1n) is 9.38. The van der Waals surface area contributed by atoms with Crippen LogP contribution in [0, 0.1) is 13.8 Å². The maximum absolute atomic E-state index is 12.8. The van der Waals surface area contributed by atoms with E-state index in [0.29, 0.717) is 13.0 Å². The molecule has 0 aliphatic carbocycles. The molecule has 148 valence electrons. The van der Waals surface area contributed by atoms with E-state index in [1.807, 2.05) is 61.0 Å². The molecular weight excluding hydrogens is 432 g/mol. The third kappa shape index (κ3) is 4.24. The van der Waals surface area contributed by atoms with Crippen LogP contribution in [0.3, 0.4) is 0 Å². The quantitative estimate of drug-likeness (QED) is 0.621. The van der Waals surface area contributed by atoms with E-state index in [4.69, 9.17) is 4.84 Å². The Kier molecular flexibility index (Phi) is 5.49. The van der Waals surface area contributed by atoms with Gasteiger partial charge in [-0.3, -0.25) is 9.48 Å². The van der Waals surface area contributed by atoms with Crippen LogP contribution in [0.5, 0.6) is 0 Å². The van der Waals surface area contributed by atoms with Crippen molar-refractivity contribution in [3.63, 3.8) is 0 Å². The summed E-state index contributed by atoms with van der Waals surface area (Å²) < 4.78 is 2.86. The van der Waals surface area contributed by atoms with Gasteiger partial charge in [0, 0.05) is 16.5 Å². The van der Waals surface area contributed by atoms with Crippen LogP contribution in [0.1, 0.15) is 28.9 Å². The van der Waals surface area contributed by atoms with Crippen molar-refractivity contribution in [1.82, 2.24) is 9.78 Å². The maximum atomic E-state index is 12.8. The summed E-state index contributed by atoms with van der Waals surface area (Å²) in [5.74, 6) is -0.218. The van der Waals surface area contributed by atoms with Gasteiger partial charge in [0.25, 0.3) is 5.91 Å². The summed E-state index contributed by atoms with van der Waals surface area (Å²) in [7, 11) is 0. The average molecular weight is 453 g/mol. The highest BCUT2D eigenvalue weighted by atomic mass is 79.9.